The number of nitrogens with zero attached hydrogens (tertiary/aromatic N) is 4. The standard InChI is InChI=1S/C51H48N4O16S/c1-3-43(56)67-29-65-38-18-22-40(23-19-38)69-48(59)33-7-5-32(6-8-33)47(58)64-28-27-31-13-26-42(45-46(31)72-51(52-45)54-53-36-14-16-37(17-15-36)55(62)63)71-50(61)35-11-9-34(10-12-35)49(60)70-41-24-20-39(21-25-41)66-30-68-44(57)4-2/h3-4,13-26,32-35H,1-2,5-12,27-30H2. The molecule has 1 aromatic heterocycles. The summed E-state index contributed by atoms with van der Waals surface area (Å²) in [4.78, 5) is 90.5. The molecule has 21 heteroatoms. The molecule has 1 heterocycles. The number of hydrogen-bond acceptors (Lipinski definition) is 20. The van der Waals surface area contributed by atoms with Crippen molar-refractivity contribution < 1.29 is 71.6 Å². The second kappa shape index (κ2) is 25.0. The van der Waals surface area contributed by atoms with Gasteiger partial charge in [-0.1, -0.05) is 30.6 Å². The molecule has 0 atom stereocenters. The summed E-state index contributed by atoms with van der Waals surface area (Å²) in [5, 5.41) is 19.8. The van der Waals surface area contributed by atoms with Gasteiger partial charge in [-0.05, 0) is 124 Å². The summed E-state index contributed by atoms with van der Waals surface area (Å²) in [6, 6.07) is 21.4. The van der Waals surface area contributed by atoms with E-state index >= 15 is 0 Å². The third-order valence-corrected chi connectivity index (χ3v) is 12.8. The van der Waals surface area contributed by atoms with Crippen LogP contribution in [0.4, 0.5) is 16.5 Å². The number of aromatic nitrogens is 1. The van der Waals surface area contributed by atoms with Crippen molar-refractivity contribution in [2.24, 2.45) is 33.9 Å². The van der Waals surface area contributed by atoms with Gasteiger partial charge in [-0.15, -0.1) is 10.2 Å². The van der Waals surface area contributed by atoms with Gasteiger partial charge in [0.15, 0.2) is 5.75 Å². The average Bonchev–Trinajstić information content (AvgIpc) is 3.84. The topological polar surface area (TPSA) is 257 Å². The summed E-state index contributed by atoms with van der Waals surface area (Å²) in [5.41, 5.74) is 1.32. The van der Waals surface area contributed by atoms with E-state index in [2.05, 4.69) is 28.4 Å². The highest BCUT2D eigenvalue weighted by atomic mass is 32.1. The number of esters is 6. The van der Waals surface area contributed by atoms with Gasteiger partial charge in [0.2, 0.25) is 18.7 Å². The van der Waals surface area contributed by atoms with Crippen LogP contribution in [0.25, 0.3) is 10.2 Å². The van der Waals surface area contributed by atoms with Crippen LogP contribution in [0.15, 0.2) is 120 Å². The number of carbonyl (C=O) groups is 6. The zero-order valence-corrected chi connectivity index (χ0v) is 39.5. The molecular formula is C51H48N4O16S. The first kappa shape index (κ1) is 51.5. The first-order chi connectivity index (χ1) is 34.8. The maximum absolute atomic E-state index is 13.6. The number of non-ortho nitro benzene ring substituents is 1. The van der Waals surface area contributed by atoms with E-state index in [0.29, 0.717) is 90.3 Å². The quantitative estimate of drug-likeness (QED) is 0.00968. The van der Waals surface area contributed by atoms with Gasteiger partial charge in [0.05, 0.1) is 45.6 Å². The Morgan fingerprint density at radius 3 is 1.53 bits per heavy atom. The predicted octanol–water partition coefficient (Wildman–Crippen LogP) is 9.57. The highest BCUT2D eigenvalue weighted by Crippen LogP contribution is 2.39. The normalized spacial score (nSPS) is 17.4. The highest BCUT2D eigenvalue weighted by Gasteiger charge is 2.34. The fourth-order valence-electron chi connectivity index (χ4n) is 7.82. The lowest BCUT2D eigenvalue weighted by Gasteiger charge is -2.26. The average molecular weight is 1010 g/mol. The van der Waals surface area contributed by atoms with E-state index in [0.717, 1.165) is 17.7 Å². The number of benzene rings is 4. The number of carbonyl (C=O) groups excluding carboxylic acids is 6. The Hall–Kier alpha value is -8.33. The Labute approximate surface area is 415 Å². The van der Waals surface area contributed by atoms with E-state index in [4.69, 9.17) is 37.9 Å². The monoisotopic (exact) mass is 1000 g/mol. The molecule has 2 aliphatic rings. The number of rotatable bonds is 21. The van der Waals surface area contributed by atoms with Crippen LogP contribution in [-0.2, 0) is 49.4 Å². The van der Waals surface area contributed by atoms with Crippen molar-refractivity contribution in [3.05, 3.63) is 126 Å². The number of thiazole rings is 1. The Balaban J connectivity index is 0.920. The van der Waals surface area contributed by atoms with Crippen molar-refractivity contribution in [2.75, 3.05) is 20.2 Å². The number of ether oxygens (including phenoxy) is 8. The van der Waals surface area contributed by atoms with Crippen LogP contribution in [0.1, 0.15) is 56.9 Å². The molecule has 0 spiro atoms. The lowest BCUT2D eigenvalue weighted by Crippen LogP contribution is -2.30. The fourth-order valence-corrected chi connectivity index (χ4v) is 8.77. The third-order valence-electron chi connectivity index (χ3n) is 11.8. The molecule has 2 fully saturated rings. The van der Waals surface area contributed by atoms with Crippen molar-refractivity contribution in [3.8, 4) is 28.7 Å². The SMILES string of the molecule is C=CC(=O)OCOc1ccc(OC(=O)C2CCC(C(=O)OCCc3ccc(OC(=O)C4CCC(C(=O)Oc5ccc(OCOC(=O)C=C)cc5)CC4)c4nc(N=Nc5ccc([N+](=O)[O-])cc5)sc34)CC2)cc1. The summed E-state index contributed by atoms with van der Waals surface area (Å²) in [5.74, 6) is -3.08. The molecule has 0 unspecified atom stereocenters. The van der Waals surface area contributed by atoms with Crippen molar-refractivity contribution in [3.63, 3.8) is 0 Å². The summed E-state index contributed by atoms with van der Waals surface area (Å²) < 4.78 is 43.7. The molecule has 5 aromatic rings. The van der Waals surface area contributed by atoms with E-state index in [1.54, 1.807) is 60.7 Å². The highest BCUT2D eigenvalue weighted by molar-refractivity contribution is 7.22. The first-order valence-corrected chi connectivity index (χ1v) is 23.6. The summed E-state index contributed by atoms with van der Waals surface area (Å²) in [7, 11) is 0. The molecule has 2 saturated carbocycles. The second-order valence-electron chi connectivity index (χ2n) is 16.5. The molecule has 20 nitrogen and oxygen atoms in total. The number of nitro groups is 1. The molecule has 0 aliphatic heterocycles. The van der Waals surface area contributed by atoms with E-state index < -0.39 is 58.4 Å². The molecule has 4 aromatic carbocycles. The van der Waals surface area contributed by atoms with Crippen molar-refractivity contribution in [2.45, 2.75) is 57.8 Å². The Kier molecular flexibility index (Phi) is 17.9. The van der Waals surface area contributed by atoms with Crippen LogP contribution in [0.2, 0.25) is 0 Å². The molecule has 0 radical (unpaired) electrons. The minimum atomic E-state index is -0.625. The summed E-state index contributed by atoms with van der Waals surface area (Å²) in [6.45, 7) is 6.06. The molecule has 0 saturated heterocycles. The maximum Gasteiger partial charge on any atom is 0.333 e. The van der Waals surface area contributed by atoms with Crippen LogP contribution < -0.4 is 23.7 Å². The van der Waals surface area contributed by atoms with Gasteiger partial charge in [0.25, 0.3) is 5.69 Å². The minimum Gasteiger partial charge on any atom is -0.465 e. The molecule has 0 amide bonds. The van der Waals surface area contributed by atoms with Gasteiger partial charge in [-0.3, -0.25) is 29.3 Å². The largest absolute Gasteiger partial charge is 0.465 e. The van der Waals surface area contributed by atoms with Crippen LogP contribution in [-0.4, -0.2) is 65.9 Å². The first-order valence-electron chi connectivity index (χ1n) is 22.8. The van der Waals surface area contributed by atoms with E-state index in [1.165, 1.54) is 35.6 Å². The van der Waals surface area contributed by atoms with E-state index in [9.17, 15) is 38.9 Å². The Morgan fingerprint density at radius 2 is 1.06 bits per heavy atom. The van der Waals surface area contributed by atoms with Crippen LogP contribution in [0.3, 0.4) is 0 Å². The maximum atomic E-state index is 13.6. The molecular weight excluding hydrogens is 957 g/mol. The fraction of sp³-hybridized carbons (Fsp3) is 0.314. The number of nitro benzene ring substituents is 1. The van der Waals surface area contributed by atoms with E-state index in [1.807, 2.05) is 0 Å². The second-order valence-corrected chi connectivity index (χ2v) is 17.4. The Bertz CT molecular complexity index is 2810. The molecule has 0 bridgehead atoms. The zero-order valence-electron chi connectivity index (χ0n) is 38.7. The van der Waals surface area contributed by atoms with Gasteiger partial charge >= 0.3 is 35.8 Å². The third kappa shape index (κ3) is 14.4. The van der Waals surface area contributed by atoms with Gasteiger partial charge in [0, 0.05) is 30.7 Å². The predicted molar refractivity (Wildman–Crippen MR) is 256 cm³/mol. The van der Waals surface area contributed by atoms with Gasteiger partial charge < -0.3 is 37.9 Å². The Morgan fingerprint density at radius 1 is 0.597 bits per heavy atom. The molecule has 374 valence electrons. The van der Waals surface area contributed by atoms with Gasteiger partial charge in [-0.2, -0.15) is 0 Å². The zero-order chi connectivity index (χ0) is 51.0. The number of hydrogen-bond donors (Lipinski definition) is 0. The van der Waals surface area contributed by atoms with Gasteiger partial charge in [0.1, 0.15) is 28.5 Å². The van der Waals surface area contributed by atoms with Crippen LogP contribution in [0.5, 0.6) is 28.7 Å². The smallest absolute Gasteiger partial charge is 0.333 e. The molecule has 7 rings (SSSR count). The summed E-state index contributed by atoms with van der Waals surface area (Å²) >= 11 is 1.17. The van der Waals surface area contributed by atoms with Crippen molar-refractivity contribution in [1.29, 1.82) is 0 Å². The number of fused-ring (bicyclic) bond motifs is 1. The number of azo groups is 1. The minimum absolute atomic E-state index is 0.0312. The van der Waals surface area contributed by atoms with E-state index in [-0.39, 0.29) is 49.2 Å². The lowest BCUT2D eigenvalue weighted by atomic mass is 9.82. The van der Waals surface area contributed by atoms with Gasteiger partial charge in [-0.25, -0.2) is 14.6 Å². The van der Waals surface area contributed by atoms with Crippen molar-refractivity contribution in [1.82, 2.24) is 4.98 Å². The summed E-state index contributed by atoms with van der Waals surface area (Å²) in [6.07, 6.45) is 5.63. The molecule has 2 aliphatic carbocycles. The van der Waals surface area contributed by atoms with Crippen molar-refractivity contribution >= 4 is 73.9 Å². The van der Waals surface area contributed by atoms with Crippen LogP contribution >= 0.6 is 11.3 Å². The lowest BCUT2D eigenvalue weighted by molar-refractivity contribution is -0.384. The molecule has 0 N–H and O–H groups in total. The van der Waals surface area contributed by atoms with Crippen LogP contribution in [0, 0.1) is 33.8 Å². The molecule has 72 heavy (non-hydrogen) atoms.